The van der Waals surface area contributed by atoms with Crippen molar-refractivity contribution in [2.45, 2.75) is 6.92 Å². The van der Waals surface area contributed by atoms with Crippen LogP contribution in [0, 0.1) is 18.6 Å². The lowest BCUT2D eigenvalue weighted by Crippen LogP contribution is -2.50. The van der Waals surface area contributed by atoms with E-state index in [-0.39, 0.29) is 5.69 Å². The molecule has 2 amide bonds. The quantitative estimate of drug-likeness (QED) is 0.687. The molecule has 1 aliphatic heterocycles. The minimum atomic E-state index is -1.11. The molecule has 1 heterocycles. The number of carbonyl (C=O) groups is 2. The highest BCUT2D eigenvalue weighted by atomic mass is 79.9. The maximum absolute atomic E-state index is 14.0. The van der Waals surface area contributed by atoms with Gasteiger partial charge < -0.3 is 19.9 Å². The molecule has 0 spiro atoms. The first-order valence-electron chi connectivity index (χ1n) is 8.94. The molecule has 1 N–H and O–H groups in total. The topological polar surface area (TPSA) is 61.9 Å². The number of piperazine rings is 1. The van der Waals surface area contributed by atoms with Gasteiger partial charge in [-0.15, -0.1) is 0 Å². The molecule has 154 valence electrons. The van der Waals surface area contributed by atoms with E-state index in [0.29, 0.717) is 26.2 Å². The van der Waals surface area contributed by atoms with Gasteiger partial charge in [-0.05, 0) is 42.8 Å². The van der Waals surface area contributed by atoms with Crippen molar-refractivity contribution in [3.63, 3.8) is 0 Å². The van der Waals surface area contributed by atoms with Crippen LogP contribution in [0.2, 0.25) is 0 Å². The summed E-state index contributed by atoms with van der Waals surface area (Å²) in [6.07, 6.45) is 0. The molecule has 0 unspecified atom stereocenters. The minimum Gasteiger partial charge on any atom is -0.465 e. The van der Waals surface area contributed by atoms with Crippen LogP contribution in [0.3, 0.4) is 0 Å². The normalized spacial score (nSPS) is 14.0. The molecule has 1 aliphatic rings. The lowest BCUT2D eigenvalue weighted by atomic mass is 10.1. The molecule has 0 atom stereocenters. The van der Waals surface area contributed by atoms with E-state index in [1.54, 1.807) is 4.90 Å². The number of methoxy groups -OCH3 is 1. The van der Waals surface area contributed by atoms with E-state index in [2.05, 4.69) is 30.9 Å². The molecule has 0 saturated carbocycles. The summed E-state index contributed by atoms with van der Waals surface area (Å²) < 4.78 is 33.4. The maximum Gasteiger partial charge on any atom is 0.343 e. The molecule has 29 heavy (non-hydrogen) atoms. The molecule has 2 aromatic carbocycles. The van der Waals surface area contributed by atoms with Gasteiger partial charge in [0.15, 0.2) is 0 Å². The van der Waals surface area contributed by atoms with Crippen molar-refractivity contribution in [1.29, 1.82) is 0 Å². The van der Waals surface area contributed by atoms with Crippen molar-refractivity contribution in [2.24, 2.45) is 0 Å². The monoisotopic (exact) mass is 467 g/mol. The molecule has 1 fully saturated rings. The Hall–Kier alpha value is -2.68. The molecule has 1 saturated heterocycles. The van der Waals surface area contributed by atoms with Gasteiger partial charge in [-0.3, -0.25) is 0 Å². The Morgan fingerprint density at radius 1 is 1.07 bits per heavy atom. The van der Waals surface area contributed by atoms with Crippen molar-refractivity contribution >= 4 is 39.3 Å². The SMILES string of the molecule is COC(=O)c1c(F)cc(NC(=O)N2CCN(c3ccc(Br)cc3C)CC2)cc1F. The standard InChI is InChI=1S/C20H20BrF2N3O3/c1-12-9-13(21)3-4-17(12)25-5-7-26(8-6-25)20(28)24-14-10-15(22)18(16(23)11-14)19(27)29-2/h3-4,9-11H,5-8H2,1-2H3,(H,24,28). The zero-order chi connectivity index (χ0) is 21.1. The number of hydrogen-bond acceptors (Lipinski definition) is 4. The highest BCUT2D eigenvalue weighted by Gasteiger charge is 2.24. The first-order chi connectivity index (χ1) is 13.8. The van der Waals surface area contributed by atoms with E-state index < -0.39 is 29.2 Å². The smallest absolute Gasteiger partial charge is 0.343 e. The van der Waals surface area contributed by atoms with Crippen LogP contribution >= 0.6 is 15.9 Å². The summed E-state index contributed by atoms with van der Waals surface area (Å²) in [6.45, 7) is 4.24. The second-order valence-electron chi connectivity index (χ2n) is 6.64. The third-order valence-electron chi connectivity index (χ3n) is 4.75. The van der Waals surface area contributed by atoms with Gasteiger partial charge in [0.2, 0.25) is 0 Å². The fourth-order valence-corrected chi connectivity index (χ4v) is 3.74. The number of amides is 2. The van der Waals surface area contributed by atoms with Crippen LogP contribution in [0.15, 0.2) is 34.8 Å². The van der Waals surface area contributed by atoms with E-state index in [9.17, 15) is 18.4 Å². The summed E-state index contributed by atoms with van der Waals surface area (Å²) in [6, 6.07) is 7.38. The number of hydrogen-bond donors (Lipinski definition) is 1. The largest absolute Gasteiger partial charge is 0.465 e. The second kappa shape index (κ2) is 8.77. The highest BCUT2D eigenvalue weighted by molar-refractivity contribution is 9.10. The molecule has 0 aliphatic carbocycles. The Labute approximate surface area is 175 Å². The summed E-state index contributed by atoms with van der Waals surface area (Å²) >= 11 is 3.45. The van der Waals surface area contributed by atoms with E-state index in [1.165, 1.54) is 0 Å². The summed E-state index contributed by atoms with van der Waals surface area (Å²) in [5, 5.41) is 2.48. The van der Waals surface area contributed by atoms with Gasteiger partial charge in [0, 0.05) is 42.0 Å². The average Bonchev–Trinajstić information content (AvgIpc) is 2.67. The zero-order valence-corrected chi connectivity index (χ0v) is 17.6. The van der Waals surface area contributed by atoms with Gasteiger partial charge in [0.05, 0.1) is 7.11 Å². The maximum atomic E-state index is 14.0. The van der Waals surface area contributed by atoms with E-state index in [1.807, 2.05) is 25.1 Å². The van der Waals surface area contributed by atoms with Crippen molar-refractivity contribution in [3.05, 3.63) is 57.6 Å². The van der Waals surface area contributed by atoms with Crippen molar-refractivity contribution in [1.82, 2.24) is 4.90 Å². The number of urea groups is 1. The number of nitrogens with zero attached hydrogens (tertiary/aromatic N) is 2. The summed E-state index contributed by atoms with van der Waals surface area (Å²) in [5.41, 5.74) is 1.39. The Bertz CT molecular complexity index is 924. The molecule has 2 aromatic rings. The molecule has 6 nitrogen and oxygen atoms in total. The number of carbonyl (C=O) groups excluding carboxylic acids is 2. The number of aryl methyl sites for hydroxylation is 1. The lowest BCUT2D eigenvalue weighted by molar-refractivity contribution is 0.0590. The summed E-state index contributed by atoms with van der Waals surface area (Å²) in [7, 11) is 1.03. The summed E-state index contributed by atoms with van der Waals surface area (Å²) in [4.78, 5) is 27.7. The van der Waals surface area contributed by atoms with Crippen LogP contribution in [-0.4, -0.2) is 50.2 Å². The van der Waals surface area contributed by atoms with E-state index >= 15 is 0 Å². The molecular weight excluding hydrogens is 448 g/mol. The van der Waals surface area contributed by atoms with Gasteiger partial charge in [-0.1, -0.05) is 15.9 Å². The number of ether oxygens (including phenoxy) is 1. The van der Waals surface area contributed by atoms with Gasteiger partial charge >= 0.3 is 12.0 Å². The van der Waals surface area contributed by atoms with Gasteiger partial charge in [-0.2, -0.15) is 0 Å². The second-order valence-corrected chi connectivity index (χ2v) is 7.56. The van der Waals surface area contributed by atoms with Gasteiger partial charge in [0.1, 0.15) is 17.2 Å². The molecular formula is C20H20BrF2N3O3. The fraction of sp³-hybridized carbons (Fsp3) is 0.300. The van der Waals surface area contributed by atoms with Crippen LogP contribution in [0.1, 0.15) is 15.9 Å². The molecule has 3 rings (SSSR count). The number of esters is 1. The Balaban J connectivity index is 1.63. The third kappa shape index (κ3) is 4.67. The van der Waals surface area contributed by atoms with Gasteiger partial charge in [0.25, 0.3) is 0 Å². The van der Waals surface area contributed by atoms with Crippen LogP contribution in [0.4, 0.5) is 25.0 Å². The summed E-state index contributed by atoms with van der Waals surface area (Å²) in [5.74, 6) is -3.30. The minimum absolute atomic E-state index is 0.0659. The van der Waals surface area contributed by atoms with Crippen molar-refractivity contribution < 1.29 is 23.1 Å². The molecule has 0 bridgehead atoms. The Kier molecular flexibility index (Phi) is 6.36. The number of nitrogens with one attached hydrogen (secondary N) is 1. The highest BCUT2D eigenvalue weighted by Crippen LogP contribution is 2.25. The zero-order valence-electron chi connectivity index (χ0n) is 16.0. The number of halogens is 3. The molecule has 9 heteroatoms. The third-order valence-corrected chi connectivity index (χ3v) is 5.24. The van der Waals surface area contributed by atoms with Crippen LogP contribution in [0.25, 0.3) is 0 Å². The van der Waals surface area contributed by atoms with E-state index in [4.69, 9.17) is 0 Å². The molecule has 0 aromatic heterocycles. The predicted molar refractivity (Wildman–Crippen MR) is 109 cm³/mol. The number of anilines is 2. The van der Waals surface area contributed by atoms with Crippen molar-refractivity contribution in [2.75, 3.05) is 43.5 Å². The predicted octanol–water partition coefficient (Wildman–Crippen LogP) is 4.18. The van der Waals surface area contributed by atoms with Gasteiger partial charge in [-0.25, -0.2) is 18.4 Å². The first kappa shape index (κ1) is 21.0. The van der Waals surface area contributed by atoms with Crippen LogP contribution < -0.4 is 10.2 Å². The number of benzene rings is 2. The fourth-order valence-electron chi connectivity index (χ4n) is 3.27. The van der Waals surface area contributed by atoms with Crippen LogP contribution in [0.5, 0.6) is 0 Å². The molecule has 0 radical (unpaired) electrons. The van der Waals surface area contributed by atoms with Crippen LogP contribution in [-0.2, 0) is 4.74 Å². The Morgan fingerprint density at radius 2 is 1.69 bits per heavy atom. The van der Waals surface area contributed by atoms with Crippen molar-refractivity contribution in [3.8, 4) is 0 Å². The van der Waals surface area contributed by atoms with E-state index in [0.717, 1.165) is 35.0 Å². The Morgan fingerprint density at radius 3 is 2.24 bits per heavy atom. The first-order valence-corrected chi connectivity index (χ1v) is 9.74. The number of rotatable bonds is 3. The lowest BCUT2D eigenvalue weighted by Gasteiger charge is -2.36. The average molecular weight is 468 g/mol.